The molecule has 1 nitrogen and oxygen atoms in total. The molecule has 74 valence electrons. The van der Waals surface area contributed by atoms with Crippen molar-refractivity contribution in [3.8, 4) is 0 Å². The highest BCUT2D eigenvalue weighted by Gasteiger charge is 2.13. The lowest BCUT2D eigenvalue weighted by Crippen LogP contribution is -2.20. The molecule has 0 aromatic rings. The maximum Gasteiger partial charge on any atom is 0.0223 e. The maximum atomic E-state index is 5.38. The third-order valence-corrected chi connectivity index (χ3v) is 2.56. The Labute approximate surface area is 81.7 Å². The number of nitrogens with two attached hydrogens (primary N) is 1. The summed E-state index contributed by atoms with van der Waals surface area (Å²) >= 11 is 5.38. The van der Waals surface area contributed by atoms with E-state index in [9.17, 15) is 0 Å². The first kappa shape index (κ1) is 12.2. The third kappa shape index (κ3) is 6.93. The van der Waals surface area contributed by atoms with Crippen LogP contribution in [0.1, 0.15) is 45.4 Å². The van der Waals surface area contributed by atoms with Crippen molar-refractivity contribution in [2.24, 2.45) is 11.7 Å². The number of unbranched alkanes of at least 4 members (excludes halogenated alkanes) is 2. The Bertz CT molecular complexity index is 75.2. The van der Waals surface area contributed by atoms with Gasteiger partial charge in [-0.2, -0.15) is 0 Å². The molecule has 0 aromatic carbocycles. The first-order chi connectivity index (χ1) is 5.85. The molecule has 0 heterocycles. The zero-order chi connectivity index (χ0) is 9.23. The second-order valence-electron chi connectivity index (χ2n) is 3.43. The second kappa shape index (κ2) is 9.34. The van der Waals surface area contributed by atoms with Crippen LogP contribution < -0.4 is 5.73 Å². The SMILES string of the molecule is CCCCCCl.NCC1CCC1. The summed E-state index contributed by atoms with van der Waals surface area (Å²) in [5.74, 6) is 1.72. The lowest BCUT2D eigenvalue weighted by atomic mass is 9.86. The summed E-state index contributed by atoms with van der Waals surface area (Å²) in [5, 5.41) is 0. The number of halogens is 1. The Balaban J connectivity index is 0.000000202. The number of alkyl halides is 1. The lowest BCUT2D eigenvalue weighted by Gasteiger charge is -2.22. The molecule has 0 atom stereocenters. The highest BCUT2D eigenvalue weighted by molar-refractivity contribution is 6.17. The molecule has 1 aliphatic carbocycles. The zero-order valence-electron chi connectivity index (χ0n) is 8.19. The lowest BCUT2D eigenvalue weighted by molar-refractivity contribution is 0.325. The highest BCUT2D eigenvalue weighted by Crippen LogP contribution is 2.24. The Hall–Kier alpha value is 0.250. The summed E-state index contributed by atoms with van der Waals surface area (Å²) in [6, 6.07) is 0. The molecule has 0 saturated heterocycles. The number of hydrogen-bond acceptors (Lipinski definition) is 1. The van der Waals surface area contributed by atoms with Gasteiger partial charge in [-0.25, -0.2) is 0 Å². The number of hydrogen-bond donors (Lipinski definition) is 1. The van der Waals surface area contributed by atoms with E-state index in [1.165, 1.54) is 38.5 Å². The van der Waals surface area contributed by atoms with Crippen LogP contribution in [0.5, 0.6) is 0 Å². The van der Waals surface area contributed by atoms with Crippen LogP contribution in [-0.4, -0.2) is 12.4 Å². The van der Waals surface area contributed by atoms with Crippen LogP contribution in [0.2, 0.25) is 0 Å². The second-order valence-corrected chi connectivity index (χ2v) is 3.81. The van der Waals surface area contributed by atoms with E-state index in [2.05, 4.69) is 6.92 Å². The van der Waals surface area contributed by atoms with Gasteiger partial charge in [-0.15, -0.1) is 11.6 Å². The molecule has 2 heteroatoms. The van der Waals surface area contributed by atoms with Gasteiger partial charge in [0.2, 0.25) is 0 Å². The molecule has 1 saturated carbocycles. The highest BCUT2D eigenvalue weighted by atomic mass is 35.5. The molecular weight excluding hydrogens is 170 g/mol. The minimum absolute atomic E-state index is 0.827. The van der Waals surface area contributed by atoms with Gasteiger partial charge in [0, 0.05) is 5.88 Å². The topological polar surface area (TPSA) is 26.0 Å². The quantitative estimate of drug-likeness (QED) is 0.536. The van der Waals surface area contributed by atoms with Crippen LogP contribution >= 0.6 is 11.6 Å². The van der Waals surface area contributed by atoms with E-state index < -0.39 is 0 Å². The van der Waals surface area contributed by atoms with Gasteiger partial charge < -0.3 is 5.73 Å². The molecular formula is C10H22ClN. The van der Waals surface area contributed by atoms with Gasteiger partial charge >= 0.3 is 0 Å². The predicted molar refractivity (Wildman–Crippen MR) is 56.6 cm³/mol. The molecule has 12 heavy (non-hydrogen) atoms. The summed E-state index contributed by atoms with van der Waals surface area (Å²) in [5.41, 5.74) is 5.33. The molecule has 1 rings (SSSR count). The van der Waals surface area contributed by atoms with E-state index in [0.29, 0.717) is 0 Å². The van der Waals surface area contributed by atoms with Crippen LogP contribution in [0.25, 0.3) is 0 Å². The standard InChI is InChI=1S/C5H11Cl.C5H11N/c1-2-3-4-5-6;6-4-5-2-1-3-5/h2-5H2,1H3;5H,1-4,6H2. The first-order valence-electron chi connectivity index (χ1n) is 5.11. The Morgan fingerprint density at radius 3 is 2.08 bits per heavy atom. The van der Waals surface area contributed by atoms with E-state index in [1.54, 1.807) is 0 Å². The van der Waals surface area contributed by atoms with Crippen LogP contribution in [0.3, 0.4) is 0 Å². The minimum Gasteiger partial charge on any atom is -0.330 e. The van der Waals surface area contributed by atoms with Gasteiger partial charge in [0.15, 0.2) is 0 Å². The average molecular weight is 192 g/mol. The monoisotopic (exact) mass is 191 g/mol. The molecule has 2 N–H and O–H groups in total. The minimum atomic E-state index is 0.827. The fourth-order valence-electron chi connectivity index (χ4n) is 1.07. The average Bonchev–Trinajstić information content (AvgIpc) is 2.00. The largest absolute Gasteiger partial charge is 0.330 e. The molecule has 0 aliphatic heterocycles. The van der Waals surface area contributed by atoms with Crippen molar-refractivity contribution >= 4 is 11.6 Å². The van der Waals surface area contributed by atoms with Crippen molar-refractivity contribution in [3.05, 3.63) is 0 Å². The summed E-state index contributed by atoms with van der Waals surface area (Å²) < 4.78 is 0. The molecule has 0 aromatic heterocycles. The van der Waals surface area contributed by atoms with Gasteiger partial charge in [0.25, 0.3) is 0 Å². The van der Waals surface area contributed by atoms with Crippen molar-refractivity contribution in [1.82, 2.24) is 0 Å². The van der Waals surface area contributed by atoms with Crippen LogP contribution in [-0.2, 0) is 0 Å². The third-order valence-electron chi connectivity index (χ3n) is 2.30. The van der Waals surface area contributed by atoms with Crippen molar-refractivity contribution < 1.29 is 0 Å². The smallest absolute Gasteiger partial charge is 0.0223 e. The molecule has 0 amide bonds. The Morgan fingerprint density at radius 1 is 1.33 bits per heavy atom. The Kier molecular flexibility index (Phi) is 9.53. The summed E-state index contributed by atoms with van der Waals surface area (Å²) in [6.45, 7) is 3.09. The van der Waals surface area contributed by atoms with E-state index in [1.807, 2.05) is 0 Å². The zero-order valence-corrected chi connectivity index (χ0v) is 8.95. The van der Waals surface area contributed by atoms with Crippen molar-refractivity contribution in [2.75, 3.05) is 12.4 Å². The fraction of sp³-hybridized carbons (Fsp3) is 1.00. The first-order valence-corrected chi connectivity index (χ1v) is 5.64. The maximum absolute atomic E-state index is 5.38. The summed E-state index contributed by atoms with van der Waals surface area (Å²) in [7, 11) is 0. The number of rotatable bonds is 4. The van der Waals surface area contributed by atoms with Gasteiger partial charge in [-0.1, -0.05) is 26.2 Å². The van der Waals surface area contributed by atoms with Crippen molar-refractivity contribution in [3.63, 3.8) is 0 Å². The van der Waals surface area contributed by atoms with Crippen molar-refractivity contribution in [1.29, 1.82) is 0 Å². The van der Waals surface area contributed by atoms with Crippen LogP contribution in [0.15, 0.2) is 0 Å². The molecule has 0 unspecified atom stereocenters. The molecule has 1 fully saturated rings. The molecule has 1 aliphatic rings. The van der Waals surface area contributed by atoms with Crippen LogP contribution in [0, 0.1) is 5.92 Å². The van der Waals surface area contributed by atoms with E-state index in [-0.39, 0.29) is 0 Å². The van der Waals surface area contributed by atoms with Gasteiger partial charge in [0.1, 0.15) is 0 Å². The molecule has 0 radical (unpaired) electrons. The molecule has 0 bridgehead atoms. The van der Waals surface area contributed by atoms with E-state index in [4.69, 9.17) is 17.3 Å². The fourth-order valence-corrected chi connectivity index (χ4v) is 1.26. The van der Waals surface area contributed by atoms with Gasteiger partial charge in [-0.05, 0) is 31.7 Å². The Morgan fingerprint density at radius 2 is 2.00 bits per heavy atom. The summed E-state index contributed by atoms with van der Waals surface area (Å²) in [4.78, 5) is 0. The molecule has 0 spiro atoms. The van der Waals surface area contributed by atoms with Crippen molar-refractivity contribution in [2.45, 2.75) is 45.4 Å². The predicted octanol–water partition coefficient (Wildman–Crippen LogP) is 3.16. The van der Waals surface area contributed by atoms with Gasteiger partial charge in [0.05, 0.1) is 0 Å². The summed E-state index contributed by atoms with van der Waals surface area (Å²) in [6.07, 6.45) is 7.92. The van der Waals surface area contributed by atoms with Gasteiger partial charge in [-0.3, -0.25) is 0 Å². The van der Waals surface area contributed by atoms with E-state index in [0.717, 1.165) is 18.3 Å². The van der Waals surface area contributed by atoms with Crippen LogP contribution in [0.4, 0.5) is 0 Å². The van der Waals surface area contributed by atoms with E-state index >= 15 is 0 Å². The normalized spacial score (nSPS) is 16.2.